The van der Waals surface area contributed by atoms with E-state index >= 15 is 0 Å². The number of hydrogen-bond donors (Lipinski definition) is 6. The van der Waals surface area contributed by atoms with E-state index in [0.717, 1.165) is 83.5 Å². The average Bonchev–Trinajstić information content (AvgIpc) is 3.40. The highest BCUT2D eigenvalue weighted by Gasteiger charge is 2.47. The zero-order valence-electron chi connectivity index (χ0n) is 48.0. The number of ether oxygens (including phenoxy) is 3. The largest absolute Gasteiger partial charge is 0.454 e. The van der Waals surface area contributed by atoms with E-state index in [1.54, 1.807) is 6.08 Å². The minimum Gasteiger partial charge on any atom is -0.454 e. The highest BCUT2D eigenvalue weighted by Crippen LogP contribution is 2.26. The lowest BCUT2D eigenvalue weighted by atomic mass is 9.99. The highest BCUT2D eigenvalue weighted by molar-refractivity contribution is 5.80. The smallest absolute Gasteiger partial charge is 0.306 e. The SMILES string of the molecule is CCCCCCCC/C=C/CCCCCCCCCC(=O)OC1C(OCC(NC(=O)C(O)CCCCCCCC/C=C/CCCCCCCC)C(O)/C=C/CCCCCCCCCCCC)OC(CO)C(O)C1O. The van der Waals surface area contributed by atoms with Gasteiger partial charge in [-0.3, -0.25) is 9.59 Å². The van der Waals surface area contributed by atoms with Gasteiger partial charge in [0.15, 0.2) is 12.4 Å². The number of carbonyl (C=O) groups excluding carboxylic acids is 2. The molecule has 1 amide bonds. The number of carbonyl (C=O) groups is 2. The lowest BCUT2D eigenvalue weighted by Crippen LogP contribution is -2.61. The van der Waals surface area contributed by atoms with Crippen LogP contribution in [-0.2, 0) is 23.8 Å². The minimum atomic E-state index is -1.61. The van der Waals surface area contributed by atoms with Crippen LogP contribution in [0.2, 0.25) is 0 Å². The van der Waals surface area contributed by atoms with E-state index in [9.17, 15) is 35.1 Å². The summed E-state index contributed by atoms with van der Waals surface area (Å²) in [5, 5.41) is 57.0. The van der Waals surface area contributed by atoms with E-state index in [0.29, 0.717) is 12.8 Å². The predicted octanol–water partition coefficient (Wildman–Crippen LogP) is 14.7. The Hall–Kier alpha value is -2.12. The van der Waals surface area contributed by atoms with Crippen molar-refractivity contribution in [2.45, 2.75) is 339 Å². The number of rotatable bonds is 53. The molecule has 0 spiro atoms. The van der Waals surface area contributed by atoms with Crippen LogP contribution < -0.4 is 5.32 Å². The molecule has 8 atom stereocenters. The van der Waals surface area contributed by atoms with Gasteiger partial charge >= 0.3 is 5.97 Å². The molecular weight excluding hydrogens is 931 g/mol. The van der Waals surface area contributed by atoms with E-state index in [1.807, 2.05) is 6.08 Å². The Morgan fingerprint density at radius 2 is 0.892 bits per heavy atom. The zero-order chi connectivity index (χ0) is 54.0. The number of aliphatic hydroxyl groups excluding tert-OH is 5. The van der Waals surface area contributed by atoms with Crippen molar-refractivity contribution >= 4 is 11.9 Å². The molecule has 11 heteroatoms. The van der Waals surface area contributed by atoms with Crippen LogP contribution in [0.5, 0.6) is 0 Å². The first-order chi connectivity index (χ1) is 36.2. The number of hydrogen-bond acceptors (Lipinski definition) is 10. The maximum atomic E-state index is 13.4. The second-order valence-electron chi connectivity index (χ2n) is 21.8. The summed E-state index contributed by atoms with van der Waals surface area (Å²) >= 11 is 0. The molecule has 0 aromatic rings. The molecule has 1 aliphatic heterocycles. The molecule has 1 heterocycles. The predicted molar refractivity (Wildman–Crippen MR) is 306 cm³/mol. The maximum Gasteiger partial charge on any atom is 0.306 e. The molecule has 0 aliphatic carbocycles. The number of unbranched alkanes of at least 4 members (excludes halogenated alkanes) is 35. The van der Waals surface area contributed by atoms with Gasteiger partial charge in [0.25, 0.3) is 0 Å². The van der Waals surface area contributed by atoms with Gasteiger partial charge in [-0.2, -0.15) is 0 Å². The number of amides is 1. The first-order valence-corrected chi connectivity index (χ1v) is 31.3. The summed E-state index contributed by atoms with van der Waals surface area (Å²) in [5.41, 5.74) is 0. The molecule has 6 N–H and O–H groups in total. The van der Waals surface area contributed by atoms with Crippen molar-refractivity contribution in [2.75, 3.05) is 13.2 Å². The fourth-order valence-electron chi connectivity index (χ4n) is 9.76. The standard InChI is InChI=1S/C63H117NO10/c1-4-7-10-13-16-19-22-25-27-29-31-33-36-39-42-45-48-51-58(68)74-61-60(70)59(69)57(52-65)73-63(61)72-53-54(55(66)49-46-43-40-37-34-24-21-18-15-12-9-6-3)64-62(71)56(67)50-47-44-41-38-35-32-30-28-26-23-20-17-14-11-8-5-2/h25-28,46,49,54-57,59-61,63,65-67,69-70H,4-24,29-45,47-48,50-53H2,1-3H3,(H,64,71)/b27-25+,28-26+,49-46+. The summed E-state index contributed by atoms with van der Waals surface area (Å²) < 4.78 is 17.6. The lowest BCUT2D eigenvalue weighted by molar-refractivity contribution is -0.305. The molecule has 0 bridgehead atoms. The third-order valence-electron chi connectivity index (χ3n) is 14.8. The topological polar surface area (TPSA) is 175 Å². The normalized spacial score (nSPS) is 19.5. The Labute approximate surface area is 453 Å². The van der Waals surface area contributed by atoms with Crippen LogP contribution in [0.3, 0.4) is 0 Å². The molecule has 0 radical (unpaired) electrons. The summed E-state index contributed by atoms with van der Waals surface area (Å²) in [7, 11) is 0. The number of aliphatic hydroxyl groups is 5. The van der Waals surface area contributed by atoms with E-state index in [2.05, 4.69) is 50.4 Å². The zero-order valence-corrected chi connectivity index (χ0v) is 48.0. The molecule has 434 valence electrons. The molecular formula is C63H117NO10. The van der Waals surface area contributed by atoms with Crippen LogP contribution in [0.4, 0.5) is 0 Å². The monoisotopic (exact) mass is 1050 g/mol. The summed E-state index contributed by atoms with van der Waals surface area (Å²) in [5.74, 6) is -1.20. The van der Waals surface area contributed by atoms with E-state index < -0.39 is 67.4 Å². The van der Waals surface area contributed by atoms with Crippen LogP contribution in [0, 0.1) is 0 Å². The van der Waals surface area contributed by atoms with Gasteiger partial charge in [0.2, 0.25) is 5.91 Å². The molecule has 1 aliphatic rings. The van der Waals surface area contributed by atoms with Crippen molar-refractivity contribution in [3.63, 3.8) is 0 Å². The molecule has 1 rings (SSSR count). The second kappa shape index (κ2) is 51.6. The summed E-state index contributed by atoms with van der Waals surface area (Å²) in [4.78, 5) is 26.5. The summed E-state index contributed by atoms with van der Waals surface area (Å²) in [6.07, 6.45) is 50.3. The van der Waals surface area contributed by atoms with Gasteiger partial charge in [-0.05, 0) is 77.0 Å². The lowest BCUT2D eigenvalue weighted by Gasteiger charge is -2.41. The molecule has 0 aromatic heterocycles. The first kappa shape index (κ1) is 69.9. The maximum absolute atomic E-state index is 13.4. The summed E-state index contributed by atoms with van der Waals surface area (Å²) in [6, 6.07) is -1.02. The Morgan fingerprint density at radius 1 is 0.514 bits per heavy atom. The number of allylic oxidation sites excluding steroid dienone is 5. The van der Waals surface area contributed by atoms with Gasteiger partial charge in [-0.25, -0.2) is 0 Å². The van der Waals surface area contributed by atoms with Crippen molar-refractivity contribution in [1.29, 1.82) is 0 Å². The minimum absolute atomic E-state index is 0.120. The molecule has 1 fully saturated rings. The summed E-state index contributed by atoms with van der Waals surface area (Å²) in [6.45, 7) is 5.79. The first-order valence-electron chi connectivity index (χ1n) is 31.3. The average molecular weight is 1050 g/mol. The van der Waals surface area contributed by atoms with Crippen LogP contribution in [0.25, 0.3) is 0 Å². The van der Waals surface area contributed by atoms with Gasteiger partial charge in [-0.15, -0.1) is 0 Å². The van der Waals surface area contributed by atoms with Crippen LogP contribution in [-0.4, -0.2) is 99.6 Å². The van der Waals surface area contributed by atoms with Gasteiger partial charge in [0.05, 0.1) is 25.4 Å². The van der Waals surface area contributed by atoms with Crippen LogP contribution in [0.15, 0.2) is 36.5 Å². The van der Waals surface area contributed by atoms with Crippen molar-refractivity contribution in [2.24, 2.45) is 0 Å². The van der Waals surface area contributed by atoms with E-state index in [4.69, 9.17) is 14.2 Å². The van der Waals surface area contributed by atoms with Gasteiger partial charge in [0.1, 0.15) is 24.4 Å². The van der Waals surface area contributed by atoms with Crippen molar-refractivity contribution in [3.05, 3.63) is 36.5 Å². The van der Waals surface area contributed by atoms with Crippen LogP contribution >= 0.6 is 0 Å². The fraction of sp³-hybridized carbons (Fsp3) is 0.873. The number of esters is 1. The number of nitrogens with one attached hydrogen (secondary N) is 1. The van der Waals surface area contributed by atoms with E-state index in [1.165, 1.54) is 161 Å². The van der Waals surface area contributed by atoms with E-state index in [-0.39, 0.29) is 19.4 Å². The van der Waals surface area contributed by atoms with Gasteiger partial charge in [0, 0.05) is 6.42 Å². The highest BCUT2D eigenvalue weighted by atomic mass is 16.7. The van der Waals surface area contributed by atoms with Gasteiger partial charge < -0.3 is 45.1 Å². The molecule has 0 saturated carbocycles. The molecule has 74 heavy (non-hydrogen) atoms. The van der Waals surface area contributed by atoms with Gasteiger partial charge in [-0.1, -0.05) is 243 Å². The van der Waals surface area contributed by atoms with Crippen molar-refractivity contribution in [3.8, 4) is 0 Å². The second-order valence-corrected chi connectivity index (χ2v) is 21.8. The Kier molecular flexibility index (Phi) is 48.8. The Morgan fingerprint density at radius 3 is 1.31 bits per heavy atom. The Balaban J connectivity index is 2.68. The fourth-order valence-corrected chi connectivity index (χ4v) is 9.76. The Bertz CT molecular complexity index is 1340. The van der Waals surface area contributed by atoms with Crippen LogP contribution in [0.1, 0.15) is 290 Å². The quantitative estimate of drug-likeness (QED) is 0.0195. The van der Waals surface area contributed by atoms with Crippen molar-refractivity contribution < 1.29 is 49.3 Å². The third kappa shape index (κ3) is 39.3. The molecule has 1 saturated heterocycles. The molecule has 0 aromatic carbocycles. The molecule has 8 unspecified atom stereocenters. The molecule has 11 nitrogen and oxygen atoms in total. The third-order valence-corrected chi connectivity index (χ3v) is 14.8. The van der Waals surface area contributed by atoms with Crippen molar-refractivity contribution in [1.82, 2.24) is 5.32 Å².